The fraction of sp³-hybridized carbons (Fsp3) is 0.714. The number of nitrogens with zero attached hydrogens (tertiary/aromatic N) is 2. The van der Waals surface area contributed by atoms with Crippen molar-refractivity contribution in [3.8, 4) is 0 Å². The van der Waals surface area contributed by atoms with Crippen LogP contribution in [0.2, 0.25) is 0 Å². The summed E-state index contributed by atoms with van der Waals surface area (Å²) in [7, 11) is 0. The maximum Gasteiger partial charge on any atom is 0.231 e. The zero-order valence-electron chi connectivity index (χ0n) is 11.0. The van der Waals surface area contributed by atoms with E-state index in [4.69, 9.17) is 4.74 Å². The minimum Gasteiger partial charge on any atom is -0.381 e. The van der Waals surface area contributed by atoms with E-state index in [-0.39, 0.29) is 17.2 Å². The Hall–Kier alpha value is -1.36. The fourth-order valence-electron chi connectivity index (χ4n) is 3.73. The van der Waals surface area contributed by atoms with Crippen molar-refractivity contribution >= 4 is 5.91 Å². The molecule has 0 aromatic carbocycles. The predicted octanol–water partition coefficient (Wildman–Crippen LogP) is 1.08. The first kappa shape index (κ1) is 11.5. The molecular weight excluding hydrogens is 242 g/mol. The van der Waals surface area contributed by atoms with Crippen LogP contribution in [0.3, 0.4) is 0 Å². The second-order valence-electron chi connectivity index (χ2n) is 6.21. The van der Waals surface area contributed by atoms with E-state index in [1.807, 2.05) is 4.90 Å². The van der Waals surface area contributed by atoms with Gasteiger partial charge in [-0.3, -0.25) is 4.79 Å². The van der Waals surface area contributed by atoms with Crippen LogP contribution in [0.25, 0.3) is 0 Å². The number of rotatable bonds is 1. The molecule has 0 saturated carbocycles. The van der Waals surface area contributed by atoms with Crippen LogP contribution in [-0.2, 0) is 16.0 Å². The number of aryl methyl sites for hydroxylation is 1. The number of carbonyl (C=O) groups is 1. The summed E-state index contributed by atoms with van der Waals surface area (Å²) in [5.74, 6) is 0.250. The van der Waals surface area contributed by atoms with E-state index in [0.29, 0.717) is 0 Å². The van der Waals surface area contributed by atoms with Crippen LogP contribution in [0, 0.1) is 5.41 Å². The van der Waals surface area contributed by atoms with Gasteiger partial charge in [-0.15, -0.1) is 0 Å². The summed E-state index contributed by atoms with van der Waals surface area (Å²) in [4.78, 5) is 22.1. The Morgan fingerprint density at radius 1 is 1.53 bits per heavy atom. The number of hydrogen-bond acceptors (Lipinski definition) is 3. The molecular formula is C14H19N3O2. The third-order valence-corrected chi connectivity index (χ3v) is 4.85. The first-order chi connectivity index (χ1) is 9.27. The van der Waals surface area contributed by atoms with Crippen LogP contribution >= 0.6 is 0 Å². The molecule has 1 spiro atoms. The molecule has 5 nitrogen and oxygen atoms in total. The first-order valence-electron chi connectivity index (χ1n) is 7.16. The maximum absolute atomic E-state index is 12.6. The molecule has 19 heavy (non-hydrogen) atoms. The monoisotopic (exact) mass is 261 g/mol. The van der Waals surface area contributed by atoms with Gasteiger partial charge in [0.25, 0.3) is 0 Å². The summed E-state index contributed by atoms with van der Waals surface area (Å²) in [6.45, 7) is 3.44. The average Bonchev–Trinajstić information content (AvgIpc) is 3.04. The summed E-state index contributed by atoms with van der Waals surface area (Å²) in [6, 6.07) is 0. The van der Waals surface area contributed by atoms with Crippen molar-refractivity contribution in [3.63, 3.8) is 0 Å². The van der Waals surface area contributed by atoms with Crippen LogP contribution in [0.5, 0.6) is 0 Å². The van der Waals surface area contributed by atoms with Gasteiger partial charge in [-0.05, 0) is 25.7 Å². The molecule has 1 unspecified atom stereocenters. The van der Waals surface area contributed by atoms with Crippen LogP contribution in [0.1, 0.15) is 36.6 Å². The number of carbonyl (C=O) groups excluding carboxylic acids is 1. The fourth-order valence-corrected chi connectivity index (χ4v) is 3.73. The molecule has 2 fully saturated rings. The van der Waals surface area contributed by atoms with Gasteiger partial charge in [0.05, 0.1) is 24.5 Å². The van der Waals surface area contributed by atoms with Crippen LogP contribution < -0.4 is 0 Å². The Morgan fingerprint density at radius 2 is 2.42 bits per heavy atom. The Kier molecular flexibility index (Phi) is 2.45. The molecule has 3 aliphatic rings. The molecule has 0 radical (unpaired) electrons. The third kappa shape index (κ3) is 1.71. The van der Waals surface area contributed by atoms with E-state index >= 15 is 0 Å². The molecule has 1 aromatic heterocycles. The lowest BCUT2D eigenvalue weighted by Crippen LogP contribution is -2.59. The van der Waals surface area contributed by atoms with Crippen LogP contribution in [-0.4, -0.2) is 47.1 Å². The number of nitrogens with one attached hydrogen (secondary N) is 1. The highest BCUT2D eigenvalue weighted by Crippen LogP contribution is 2.41. The van der Waals surface area contributed by atoms with Crippen molar-refractivity contribution in [2.24, 2.45) is 5.41 Å². The molecule has 102 valence electrons. The summed E-state index contributed by atoms with van der Waals surface area (Å²) in [6.07, 6.45) is 5.87. The molecule has 2 aliphatic heterocycles. The molecule has 1 N–H and O–H groups in total. The Labute approximate surface area is 112 Å². The molecule has 1 atom stereocenters. The summed E-state index contributed by atoms with van der Waals surface area (Å²) >= 11 is 0. The summed E-state index contributed by atoms with van der Waals surface area (Å²) in [5, 5.41) is 0. The molecule has 0 bridgehead atoms. The highest BCUT2D eigenvalue weighted by molar-refractivity contribution is 5.84. The Morgan fingerprint density at radius 3 is 3.21 bits per heavy atom. The molecule has 5 heteroatoms. The van der Waals surface area contributed by atoms with E-state index in [1.165, 1.54) is 0 Å². The predicted molar refractivity (Wildman–Crippen MR) is 68.7 cm³/mol. The van der Waals surface area contributed by atoms with Gasteiger partial charge in [0, 0.05) is 30.8 Å². The van der Waals surface area contributed by atoms with Gasteiger partial charge in [-0.2, -0.15) is 0 Å². The zero-order valence-corrected chi connectivity index (χ0v) is 11.0. The average molecular weight is 261 g/mol. The lowest BCUT2D eigenvalue weighted by molar-refractivity contribution is -0.145. The van der Waals surface area contributed by atoms with Crippen LogP contribution in [0.15, 0.2) is 6.33 Å². The number of H-pyrrole nitrogens is 1. The van der Waals surface area contributed by atoms with Crippen molar-refractivity contribution in [3.05, 3.63) is 17.7 Å². The minimum absolute atomic E-state index is 0.0188. The number of ether oxygens (including phenoxy) is 1. The first-order valence-corrected chi connectivity index (χ1v) is 7.16. The van der Waals surface area contributed by atoms with E-state index < -0.39 is 0 Å². The van der Waals surface area contributed by atoms with Gasteiger partial charge in [-0.25, -0.2) is 4.98 Å². The highest BCUT2D eigenvalue weighted by atomic mass is 16.5. The maximum atomic E-state index is 12.6. The van der Waals surface area contributed by atoms with Gasteiger partial charge >= 0.3 is 0 Å². The van der Waals surface area contributed by atoms with E-state index in [1.54, 1.807) is 6.33 Å². The Balaban J connectivity index is 1.48. The van der Waals surface area contributed by atoms with Crippen molar-refractivity contribution in [1.29, 1.82) is 0 Å². The van der Waals surface area contributed by atoms with Crippen molar-refractivity contribution in [1.82, 2.24) is 14.9 Å². The lowest BCUT2D eigenvalue weighted by atomic mass is 9.77. The zero-order chi connectivity index (χ0) is 12.9. The van der Waals surface area contributed by atoms with Crippen molar-refractivity contribution < 1.29 is 9.53 Å². The topological polar surface area (TPSA) is 58.2 Å². The number of likely N-dealkylation sites (tertiary alicyclic amines) is 1. The van der Waals surface area contributed by atoms with E-state index in [2.05, 4.69) is 9.97 Å². The molecule has 1 amide bonds. The highest BCUT2D eigenvalue weighted by Gasteiger charge is 2.49. The van der Waals surface area contributed by atoms with Gasteiger partial charge in [0.15, 0.2) is 0 Å². The molecule has 1 aliphatic carbocycles. The van der Waals surface area contributed by atoms with Crippen molar-refractivity contribution in [2.75, 3.05) is 26.3 Å². The number of hydrogen-bond donors (Lipinski definition) is 1. The molecule has 2 saturated heterocycles. The summed E-state index contributed by atoms with van der Waals surface area (Å²) < 4.78 is 5.46. The summed E-state index contributed by atoms with van der Waals surface area (Å²) in [5.41, 5.74) is 2.42. The molecule has 1 aromatic rings. The standard InChI is InChI=1S/C14H19N3O2/c18-13(17-6-14(7-17)4-5-19-8-14)10-2-1-3-11-12(10)16-9-15-11/h9-10H,1-8H2,(H,15,16). The normalized spacial score (nSPS) is 28.2. The number of aromatic amines is 1. The van der Waals surface area contributed by atoms with Gasteiger partial charge in [0.2, 0.25) is 5.91 Å². The second kappa shape index (κ2) is 4.07. The minimum atomic E-state index is -0.0188. The second-order valence-corrected chi connectivity index (χ2v) is 6.21. The SMILES string of the molecule is O=C(C1CCCc2[nH]cnc21)N1CC2(CCOC2)C1. The van der Waals surface area contributed by atoms with E-state index in [0.717, 1.165) is 63.4 Å². The number of fused-ring (bicyclic) bond motifs is 1. The van der Waals surface area contributed by atoms with E-state index in [9.17, 15) is 4.79 Å². The number of imidazole rings is 1. The Bertz CT molecular complexity index is 497. The molecule has 4 rings (SSSR count). The quantitative estimate of drug-likeness (QED) is 0.823. The largest absolute Gasteiger partial charge is 0.381 e. The smallest absolute Gasteiger partial charge is 0.231 e. The van der Waals surface area contributed by atoms with Crippen molar-refractivity contribution in [2.45, 2.75) is 31.6 Å². The third-order valence-electron chi connectivity index (χ3n) is 4.85. The van der Waals surface area contributed by atoms with Gasteiger partial charge in [-0.1, -0.05) is 0 Å². The number of aromatic nitrogens is 2. The van der Waals surface area contributed by atoms with Gasteiger partial charge < -0.3 is 14.6 Å². The van der Waals surface area contributed by atoms with Gasteiger partial charge in [0.1, 0.15) is 0 Å². The lowest BCUT2D eigenvalue weighted by Gasteiger charge is -2.48. The van der Waals surface area contributed by atoms with Crippen LogP contribution in [0.4, 0.5) is 0 Å². The molecule has 3 heterocycles. The number of amides is 1.